The molecule has 2 aromatic carbocycles. The number of piperidine rings is 1. The second-order valence-corrected chi connectivity index (χ2v) is 8.71. The summed E-state index contributed by atoms with van der Waals surface area (Å²) in [5.74, 6) is 0.531. The number of phenols is 1. The normalized spacial score (nSPS) is 27.5. The molecule has 5 nitrogen and oxygen atoms in total. The molecular formula is C24H28N2O3. The minimum Gasteiger partial charge on any atom is -0.506 e. The van der Waals surface area contributed by atoms with Crippen molar-refractivity contribution < 1.29 is 14.6 Å². The van der Waals surface area contributed by atoms with Crippen molar-refractivity contribution in [3.8, 4) is 5.75 Å². The SMILES string of the molecule is COC(=O)c1ccccc1Nc1cc2c(cc1O)[C@@]13CCCC[C@H]1[C@@H](C2)NCC3. The third-order valence-corrected chi connectivity index (χ3v) is 7.36. The standard InChI is InChI=1S/C24H28N2O3/c1-29-23(28)16-6-2-3-8-19(16)26-21-13-15-12-20-17-7-4-5-9-24(17,10-11-25-20)18(15)14-22(21)27/h2-3,6,8,13-14,17,20,25-27H,4-5,7,9-12H2,1H3/t17-,20+,24+/m0/s1. The van der Waals surface area contributed by atoms with Gasteiger partial charge in [-0.05, 0) is 73.5 Å². The number of nitrogens with one attached hydrogen (secondary N) is 2. The lowest BCUT2D eigenvalue weighted by atomic mass is 9.53. The average Bonchev–Trinajstić information content (AvgIpc) is 2.75. The van der Waals surface area contributed by atoms with Crippen LogP contribution in [0.4, 0.5) is 11.4 Å². The van der Waals surface area contributed by atoms with Crippen molar-refractivity contribution in [1.82, 2.24) is 5.32 Å². The summed E-state index contributed by atoms with van der Waals surface area (Å²) in [5.41, 5.74) is 4.61. The second-order valence-electron chi connectivity index (χ2n) is 8.71. The number of carbonyl (C=O) groups is 1. The highest BCUT2D eigenvalue weighted by Crippen LogP contribution is 2.55. The zero-order valence-electron chi connectivity index (χ0n) is 16.8. The van der Waals surface area contributed by atoms with Gasteiger partial charge in [0.15, 0.2) is 0 Å². The molecule has 1 heterocycles. The van der Waals surface area contributed by atoms with Crippen LogP contribution in [0.3, 0.4) is 0 Å². The second kappa shape index (κ2) is 7.06. The number of methoxy groups -OCH3 is 1. The van der Waals surface area contributed by atoms with Crippen LogP contribution >= 0.6 is 0 Å². The van der Waals surface area contributed by atoms with E-state index in [-0.39, 0.29) is 11.2 Å². The highest BCUT2D eigenvalue weighted by molar-refractivity contribution is 5.96. The van der Waals surface area contributed by atoms with Gasteiger partial charge in [-0.3, -0.25) is 0 Å². The predicted octanol–water partition coefficient (Wildman–Crippen LogP) is 4.27. The number of hydrogen-bond donors (Lipinski definition) is 3. The van der Waals surface area contributed by atoms with Crippen molar-refractivity contribution in [2.45, 2.75) is 50.0 Å². The molecule has 29 heavy (non-hydrogen) atoms. The van der Waals surface area contributed by atoms with Crippen LogP contribution in [-0.4, -0.2) is 30.8 Å². The molecule has 3 N–H and O–H groups in total. The molecule has 3 aliphatic rings. The quantitative estimate of drug-likeness (QED) is 0.538. The number of phenolic OH excluding ortho intramolecular Hbond substituents is 1. The zero-order valence-corrected chi connectivity index (χ0v) is 16.8. The summed E-state index contributed by atoms with van der Waals surface area (Å²) >= 11 is 0. The number of benzene rings is 2. The van der Waals surface area contributed by atoms with Crippen LogP contribution in [0.15, 0.2) is 36.4 Å². The van der Waals surface area contributed by atoms with Gasteiger partial charge < -0.3 is 20.5 Å². The molecule has 0 amide bonds. The molecule has 2 aliphatic carbocycles. The molecule has 1 saturated carbocycles. The highest BCUT2D eigenvalue weighted by atomic mass is 16.5. The Balaban J connectivity index is 1.55. The summed E-state index contributed by atoms with van der Waals surface area (Å²) in [6.45, 7) is 1.06. The van der Waals surface area contributed by atoms with E-state index >= 15 is 0 Å². The van der Waals surface area contributed by atoms with Gasteiger partial charge in [-0.15, -0.1) is 0 Å². The number of ether oxygens (including phenoxy) is 1. The number of para-hydroxylation sites is 1. The summed E-state index contributed by atoms with van der Waals surface area (Å²) in [4.78, 5) is 12.1. The third kappa shape index (κ3) is 2.91. The summed E-state index contributed by atoms with van der Waals surface area (Å²) in [6.07, 6.45) is 7.24. The van der Waals surface area contributed by atoms with Gasteiger partial charge in [0.05, 0.1) is 24.0 Å². The molecule has 2 aromatic rings. The molecular weight excluding hydrogens is 364 g/mol. The smallest absolute Gasteiger partial charge is 0.339 e. The van der Waals surface area contributed by atoms with E-state index in [2.05, 4.69) is 16.7 Å². The Morgan fingerprint density at radius 2 is 2.07 bits per heavy atom. The molecule has 2 fully saturated rings. The Kier molecular flexibility index (Phi) is 4.50. The third-order valence-electron chi connectivity index (χ3n) is 7.36. The van der Waals surface area contributed by atoms with Crippen LogP contribution in [0.1, 0.15) is 53.6 Å². The predicted molar refractivity (Wildman–Crippen MR) is 113 cm³/mol. The van der Waals surface area contributed by atoms with Crippen LogP contribution in [0.2, 0.25) is 0 Å². The number of aromatic hydroxyl groups is 1. The lowest BCUT2D eigenvalue weighted by molar-refractivity contribution is 0.0602. The van der Waals surface area contributed by atoms with E-state index in [1.165, 1.54) is 43.9 Å². The van der Waals surface area contributed by atoms with Gasteiger partial charge in [-0.25, -0.2) is 4.79 Å². The van der Waals surface area contributed by atoms with Crippen molar-refractivity contribution in [2.75, 3.05) is 19.0 Å². The first kappa shape index (κ1) is 18.5. The maximum absolute atomic E-state index is 12.1. The van der Waals surface area contributed by atoms with Gasteiger partial charge in [-0.1, -0.05) is 25.0 Å². The summed E-state index contributed by atoms with van der Waals surface area (Å²) < 4.78 is 4.89. The van der Waals surface area contributed by atoms with Gasteiger partial charge in [-0.2, -0.15) is 0 Å². The van der Waals surface area contributed by atoms with Gasteiger partial charge in [0.1, 0.15) is 5.75 Å². The molecule has 0 aromatic heterocycles. The van der Waals surface area contributed by atoms with Crippen LogP contribution in [0.5, 0.6) is 5.75 Å². The van der Waals surface area contributed by atoms with E-state index in [0.717, 1.165) is 19.4 Å². The van der Waals surface area contributed by atoms with Crippen LogP contribution < -0.4 is 10.6 Å². The molecule has 152 valence electrons. The van der Waals surface area contributed by atoms with Crippen LogP contribution in [-0.2, 0) is 16.6 Å². The molecule has 3 atom stereocenters. The van der Waals surface area contributed by atoms with E-state index in [1.54, 1.807) is 12.1 Å². The van der Waals surface area contributed by atoms with Crippen molar-refractivity contribution in [3.63, 3.8) is 0 Å². The fraction of sp³-hybridized carbons (Fsp3) is 0.458. The van der Waals surface area contributed by atoms with Crippen molar-refractivity contribution in [1.29, 1.82) is 0 Å². The molecule has 0 spiro atoms. The number of rotatable bonds is 3. The maximum atomic E-state index is 12.1. The molecule has 5 rings (SSSR count). The Hall–Kier alpha value is -2.53. The van der Waals surface area contributed by atoms with Gasteiger partial charge in [0.25, 0.3) is 0 Å². The largest absolute Gasteiger partial charge is 0.506 e. The topological polar surface area (TPSA) is 70.6 Å². The summed E-state index contributed by atoms with van der Waals surface area (Å²) in [6, 6.07) is 11.8. The number of carbonyl (C=O) groups excluding carboxylic acids is 1. The minimum absolute atomic E-state index is 0.210. The lowest BCUT2D eigenvalue weighted by Gasteiger charge is -2.56. The molecule has 5 heteroatoms. The average molecular weight is 392 g/mol. The van der Waals surface area contributed by atoms with Gasteiger partial charge >= 0.3 is 5.97 Å². The van der Waals surface area contributed by atoms with Crippen LogP contribution in [0.25, 0.3) is 0 Å². The summed E-state index contributed by atoms with van der Waals surface area (Å²) in [7, 11) is 1.38. The number of hydrogen-bond acceptors (Lipinski definition) is 5. The van der Waals surface area contributed by atoms with Crippen molar-refractivity contribution in [3.05, 3.63) is 53.1 Å². The van der Waals surface area contributed by atoms with Crippen LogP contribution in [0, 0.1) is 5.92 Å². The Labute approximate surface area is 171 Å². The Morgan fingerprint density at radius 3 is 2.93 bits per heavy atom. The Morgan fingerprint density at radius 1 is 1.21 bits per heavy atom. The van der Waals surface area contributed by atoms with E-state index in [1.807, 2.05) is 18.2 Å². The Bertz CT molecular complexity index is 953. The lowest BCUT2D eigenvalue weighted by Crippen LogP contribution is -2.59. The monoisotopic (exact) mass is 392 g/mol. The molecule has 0 unspecified atom stereocenters. The van der Waals surface area contributed by atoms with Gasteiger partial charge in [0.2, 0.25) is 0 Å². The number of fused-ring (bicyclic) bond motifs is 1. The molecule has 0 radical (unpaired) electrons. The maximum Gasteiger partial charge on any atom is 0.339 e. The van der Waals surface area contributed by atoms with E-state index in [0.29, 0.717) is 28.9 Å². The molecule has 2 bridgehead atoms. The molecule has 1 aliphatic heterocycles. The number of anilines is 2. The zero-order chi connectivity index (χ0) is 20.0. The number of esters is 1. The highest BCUT2D eigenvalue weighted by Gasteiger charge is 2.51. The first-order chi connectivity index (χ1) is 14.1. The first-order valence-corrected chi connectivity index (χ1v) is 10.7. The van der Waals surface area contributed by atoms with Crippen molar-refractivity contribution >= 4 is 17.3 Å². The fourth-order valence-electron chi connectivity index (χ4n) is 6.10. The molecule has 1 saturated heterocycles. The van der Waals surface area contributed by atoms with E-state index < -0.39 is 5.97 Å². The van der Waals surface area contributed by atoms with E-state index in [9.17, 15) is 9.90 Å². The minimum atomic E-state index is -0.395. The van der Waals surface area contributed by atoms with Crippen molar-refractivity contribution in [2.24, 2.45) is 5.92 Å². The van der Waals surface area contributed by atoms with E-state index in [4.69, 9.17) is 4.74 Å². The first-order valence-electron chi connectivity index (χ1n) is 10.7. The fourth-order valence-corrected chi connectivity index (χ4v) is 6.10. The summed E-state index contributed by atoms with van der Waals surface area (Å²) in [5, 5.41) is 17.9. The van der Waals surface area contributed by atoms with Gasteiger partial charge in [0, 0.05) is 11.5 Å².